The van der Waals surface area contributed by atoms with Crippen molar-refractivity contribution in [1.29, 1.82) is 0 Å². The molecule has 0 aliphatic rings. The lowest BCUT2D eigenvalue weighted by Gasteiger charge is -2.19. The molecule has 0 saturated carbocycles. The average Bonchev–Trinajstić information content (AvgIpc) is 2.48. The molecule has 0 amide bonds. The van der Waals surface area contributed by atoms with Crippen LogP contribution in [0.1, 0.15) is 18.5 Å². The van der Waals surface area contributed by atoms with E-state index in [0.29, 0.717) is 5.02 Å². The number of hydrogen-bond donors (Lipinski definition) is 1. The highest BCUT2D eigenvalue weighted by atomic mass is 35.5. The summed E-state index contributed by atoms with van der Waals surface area (Å²) in [4.78, 5) is 1.12. The molecule has 0 saturated heterocycles. The molecular weight excluding hydrogens is 328 g/mol. The van der Waals surface area contributed by atoms with Crippen molar-refractivity contribution in [2.45, 2.75) is 17.9 Å². The number of benzene rings is 2. The van der Waals surface area contributed by atoms with Crippen LogP contribution in [-0.2, 0) is 0 Å². The number of rotatable bonds is 6. The molecule has 2 aromatic carbocycles. The maximum Gasteiger partial charge on any atom is 0.123 e. The van der Waals surface area contributed by atoms with E-state index in [-0.39, 0.29) is 11.9 Å². The van der Waals surface area contributed by atoms with Gasteiger partial charge in [0.15, 0.2) is 0 Å². The van der Waals surface area contributed by atoms with Crippen LogP contribution in [0.4, 0.5) is 4.39 Å². The van der Waals surface area contributed by atoms with E-state index in [1.165, 1.54) is 12.1 Å². The molecule has 0 radical (unpaired) electrons. The zero-order valence-electron chi connectivity index (χ0n) is 11.6. The molecular formula is C16H16Cl2FNS. The first-order valence-corrected chi connectivity index (χ1v) is 8.41. The molecule has 0 spiro atoms. The molecule has 1 unspecified atom stereocenters. The fourth-order valence-electron chi connectivity index (χ4n) is 2.00. The van der Waals surface area contributed by atoms with Crippen LogP contribution in [0.5, 0.6) is 0 Å². The van der Waals surface area contributed by atoms with Gasteiger partial charge in [-0.25, -0.2) is 4.39 Å². The van der Waals surface area contributed by atoms with E-state index in [1.807, 2.05) is 31.2 Å². The van der Waals surface area contributed by atoms with Gasteiger partial charge in [-0.1, -0.05) is 30.1 Å². The van der Waals surface area contributed by atoms with E-state index in [9.17, 15) is 4.39 Å². The Labute approximate surface area is 138 Å². The summed E-state index contributed by atoms with van der Waals surface area (Å²) in [6, 6.07) is 12.1. The lowest BCUT2D eigenvalue weighted by atomic mass is 10.1. The molecule has 1 nitrogen and oxygen atoms in total. The highest BCUT2D eigenvalue weighted by Gasteiger charge is 2.15. The first-order valence-electron chi connectivity index (χ1n) is 6.67. The average molecular weight is 344 g/mol. The second kappa shape index (κ2) is 8.04. The number of halogens is 3. The van der Waals surface area contributed by atoms with Gasteiger partial charge < -0.3 is 5.32 Å². The van der Waals surface area contributed by atoms with Gasteiger partial charge in [0.05, 0.1) is 0 Å². The molecule has 2 aromatic rings. The largest absolute Gasteiger partial charge is 0.309 e. The molecule has 0 heterocycles. The van der Waals surface area contributed by atoms with Crippen molar-refractivity contribution >= 4 is 35.0 Å². The van der Waals surface area contributed by atoms with Crippen LogP contribution in [0.2, 0.25) is 10.0 Å². The molecule has 0 aromatic heterocycles. The maximum atomic E-state index is 13.4. The minimum atomic E-state index is -0.270. The summed E-state index contributed by atoms with van der Waals surface area (Å²) in [6.07, 6.45) is 0. The number of thioether (sulfide) groups is 1. The third-order valence-corrected chi connectivity index (χ3v) is 4.72. The second-order valence-corrected chi connectivity index (χ2v) is 6.48. The number of nitrogens with one attached hydrogen (secondary N) is 1. The third kappa shape index (κ3) is 4.89. The highest BCUT2D eigenvalue weighted by molar-refractivity contribution is 7.99. The van der Waals surface area contributed by atoms with Gasteiger partial charge in [-0.3, -0.25) is 0 Å². The van der Waals surface area contributed by atoms with Crippen LogP contribution in [0.25, 0.3) is 0 Å². The van der Waals surface area contributed by atoms with Crippen LogP contribution >= 0.6 is 35.0 Å². The van der Waals surface area contributed by atoms with Crippen LogP contribution < -0.4 is 5.32 Å². The van der Waals surface area contributed by atoms with E-state index < -0.39 is 0 Å². The summed E-state index contributed by atoms with van der Waals surface area (Å²) in [7, 11) is 0. The molecule has 1 N–H and O–H groups in total. The predicted octanol–water partition coefficient (Wildman–Crippen LogP) is 5.58. The minimum absolute atomic E-state index is 0.00104. The molecule has 0 aliphatic heterocycles. The van der Waals surface area contributed by atoms with Crippen LogP contribution in [0.3, 0.4) is 0 Å². The zero-order chi connectivity index (χ0) is 15.2. The quantitative estimate of drug-likeness (QED) is 0.687. The standard InChI is InChI=1S/C16H16Cl2FNS/c1-2-20-16(14-9-12(19)5-8-15(14)18)10-21-13-6-3-11(17)4-7-13/h3-9,16,20H,2,10H2,1H3. The van der Waals surface area contributed by atoms with Crippen molar-refractivity contribution in [1.82, 2.24) is 5.32 Å². The molecule has 2 rings (SSSR count). The van der Waals surface area contributed by atoms with Crippen molar-refractivity contribution in [2.75, 3.05) is 12.3 Å². The van der Waals surface area contributed by atoms with E-state index in [1.54, 1.807) is 17.8 Å². The van der Waals surface area contributed by atoms with Gasteiger partial charge in [0.25, 0.3) is 0 Å². The molecule has 0 fully saturated rings. The minimum Gasteiger partial charge on any atom is -0.309 e. The fraction of sp³-hybridized carbons (Fsp3) is 0.250. The summed E-state index contributed by atoms with van der Waals surface area (Å²) in [5.41, 5.74) is 0.792. The highest BCUT2D eigenvalue weighted by Crippen LogP contribution is 2.30. The Balaban J connectivity index is 2.11. The molecule has 1 atom stereocenters. The summed E-state index contributed by atoms with van der Waals surface area (Å²) < 4.78 is 13.4. The Morgan fingerprint density at radius 3 is 2.52 bits per heavy atom. The monoisotopic (exact) mass is 343 g/mol. The summed E-state index contributed by atoms with van der Waals surface area (Å²) in [6.45, 7) is 2.81. The van der Waals surface area contributed by atoms with Gasteiger partial charge >= 0.3 is 0 Å². The van der Waals surface area contributed by atoms with Gasteiger partial charge in [0.1, 0.15) is 5.82 Å². The topological polar surface area (TPSA) is 12.0 Å². The Morgan fingerprint density at radius 1 is 1.14 bits per heavy atom. The summed E-state index contributed by atoms with van der Waals surface area (Å²) in [5, 5.41) is 4.65. The first-order chi connectivity index (χ1) is 10.1. The van der Waals surface area contributed by atoms with E-state index in [4.69, 9.17) is 23.2 Å². The van der Waals surface area contributed by atoms with Gasteiger partial charge in [-0.05, 0) is 54.6 Å². The van der Waals surface area contributed by atoms with Crippen LogP contribution in [0.15, 0.2) is 47.4 Å². The summed E-state index contributed by atoms with van der Waals surface area (Å²) >= 11 is 13.8. The van der Waals surface area contributed by atoms with Crippen LogP contribution in [0, 0.1) is 5.82 Å². The Hall–Kier alpha value is -0.740. The van der Waals surface area contributed by atoms with Crippen molar-refractivity contribution in [2.24, 2.45) is 0 Å². The first kappa shape index (κ1) is 16.6. The van der Waals surface area contributed by atoms with Crippen molar-refractivity contribution in [3.63, 3.8) is 0 Å². The van der Waals surface area contributed by atoms with Gasteiger partial charge in [-0.2, -0.15) is 0 Å². The summed E-state index contributed by atoms with van der Waals surface area (Å²) in [5.74, 6) is 0.493. The maximum absolute atomic E-state index is 13.4. The molecule has 21 heavy (non-hydrogen) atoms. The van der Waals surface area contributed by atoms with Gasteiger partial charge in [0.2, 0.25) is 0 Å². The van der Waals surface area contributed by atoms with Crippen molar-refractivity contribution in [3.05, 3.63) is 63.9 Å². The molecule has 0 aliphatic carbocycles. The smallest absolute Gasteiger partial charge is 0.123 e. The lowest BCUT2D eigenvalue weighted by Crippen LogP contribution is -2.23. The third-order valence-electron chi connectivity index (χ3n) is 3.01. The Bertz CT molecular complexity index is 589. The molecule has 0 bridgehead atoms. The van der Waals surface area contributed by atoms with E-state index >= 15 is 0 Å². The molecule has 5 heteroatoms. The van der Waals surface area contributed by atoms with Gasteiger partial charge in [-0.15, -0.1) is 11.8 Å². The predicted molar refractivity (Wildman–Crippen MR) is 90.0 cm³/mol. The van der Waals surface area contributed by atoms with Crippen molar-refractivity contribution < 1.29 is 4.39 Å². The SMILES string of the molecule is CCNC(CSc1ccc(Cl)cc1)c1cc(F)ccc1Cl. The van der Waals surface area contributed by atoms with Crippen molar-refractivity contribution in [3.8, 4) is 0 Å². The van der Waals surface area contributed by atoms with Crippen LogP contribution in [-0.4, -0.2) is 12.3 Å². The normalized spacial score (nSPS) is 12.4. The molecule has 112 valence electrons. The van der Waals surface area contributed by atoms with E-state index in [0.717, 1.165) is 27.8 Å². The zero-order valence-corrected chi connectivity index (χ0v) is 13.9. The van der Waals surface area contributed by atoms with Gasteiger partial charge in [0, 0.05) is 26.7 Å². The Kier molecular flexibility index (Phi) is 6.37. The lowest BCUT2D eigenvalue weighted by molar-refractivity contribution is 0.589. The fourth-order valence-corrected chi connectivity index (χ4v) is 3.36. The number of hydrogen-bond acceptors (Lipinski definition) is 2. The Morgan fingerprint density at radius 2 is 1.86 bits per heavy atom. The second-order valence-electron chi connectivity index (χ2n) is 4.54. The van der Waals surface area contributed by atoms with E-state index in [2.05, 4.69) is 5.32 Å².